The fourth-order valence-electron chi connectivity index (χ4n) is 16.7. The van der Waals surface area contributed by atoms with Gasteiger partial charge in [-0.2, -0.15) is 0 Å². The van der Waals surface area contributed by atoms with Crippen molar-refractivity contribution in [1.82, 2.24) is 34.9 Å². The zero-order chi connectivity index (χ0) is 76.8. The molecule has 18 aromatic carbocycles. The molecule has 22 aromatic rings. The fourth-order valence-corrected chi connectivity index (χ4v) is 16.7. The molecule has 0 aliphatic carbocycles. The monoisotopic (exact) mass is 1480 g/mol. The van der Waals surface area contributed by atoms with Crippen molar-refractivity contribution in [2.24, 2.45) is 0 Å². The summed E-state index contributed by atoms with van der Waals surface area (Å²) in [4.78, 5) is 36.0. The van der Waals surface area contributed by atoms with E-state index in [4.69, 9.17) is 34.9 Å². The number of hydrogen-bond acceptors (Lipinski definition) is 7. The molecule has 0 spiro atoms. The number of aromatic nitrogens is 7. The molecule has 4 aromatic heterocycles. The largest absolute Gasteiger partial charge is 0.247 e. The molecule has 7 nitrogen and oxygen atoms in total. The van der Waals surface area contributed by atoms with Crippen LogP contribution in [0.2, 0.25) is 0 Å². The van der Waals surface area contributed by atoms with Crippen LogP contribution in [0.1, 0.15) is 0 Å². The van der Waals surface area contributed by atoms with Crippen molar-refractivity contribution in [2.45, 2.75) is 0 Å². The first kappa shape index (κ1) is 68.5. The maximum absolute atomic E-state index is 5.52. The maximum Gasteiger partial charge on any atom is 0.164 e. The maximum atomic E-state index is 5.52. The van der Waals surface area contributed by atoms with Crippen LogP contribution in [0.4, 0.5) is 0 Å². The van der Waals surface area contributed by atoms with E-state index < -0.39 is 0 Å². The van der Waals surface area contributed by atoms with Gasteiger partial charge < -0.3 is 0 Å². The highest BCUT2D eigenvalue weighted by Gasteiger charge is 2.23. The average Bonchev–Trinajstić information content (AvgIpc) is 0.734. The van der Waals surface area contributed by atoms with Crippen molar-refractivity contribution in [3.8, 4) is 135 Å². The van der Waals surface area contributed by atoms with E-state index in [0.29, 0.717) is 23.3 Å². The zero-order valence-corrected chi connectivity index (χ0v) is 63.0. The molecule has 22 rings (SSSR count). The molecule has 0 aliphatic heterocycles. The molecule has 0 saturated heterocycles. The lowest BCUT2D eigenvalue weighted by Gasteiger charge is -2.17. The zero-order valence-electron chi connectivity index (χ0n) is 63.0. The predicted molar refractivity (Wildman–Crippen MR) is 483 cm³/mol. The number of fused-ring (bicyclic) bond motifs is 10. The standard InChI is InChI=1S/C55H35N3.C54H34N4/c1-3-17-38(18-4-1)52-35-53(39-19-5-2-6-20-39)58-55(57-52)41-31-29-40(30-32-41)51-34-49(45-28-14-22-37-16-8-10-24-43(37)45)50-33-48(46-25-11-12-26-47(46)54(50)56-51)44-27-13-21-36-15-7-9-23-42(36)44;1-3-17-38(18-4-1)52-56-53(39-19-5-2-6-20-39)58-54(57-52)40-31-29-37(30-32-40)50-34-48(44-28-14-22-36-16-8-10-24-42(36)44)49-33-47(45-25-11-12-26-46(45)51(49)55-50)43-27-13-21-35-15-7-9-23-41(35)43/h1-35H;1-34H. The summed E-state index contributed by atoms with van der Waals surface area (Å²) in [5.74, 6) is 2.58. The van der Waals surface area contributed by atoms with Crippen LogP contribution in [-0.4, -0.2) is 34.9 Å². The predicted octanol–water partition coefficient (Wildman–Crippen LogP) is 28.4. The number of nitrogens with zero attached hydrogens (tertiary/aromatic N) is 7. The Balaban J connectivity index is 0.000000145. The van der Waals surface area contributed by atoms with Gasteiger partial charge in [-0.05, 0) is 129 Å². The molecule has 4 heterocycles. The molecule has 0 aliphatic rings. The van der Waals surface area contributed by atoms with Crippen molar-refractivity contribution in [2.75, 3.05) is 0 Å². The third kappa shape index (κ3) is 12.8. The van der Waals surface area contributed by atoms with Crippen LogP contribution in [0.3, 0.4) is 0 Å². The van der Waals surface area contributed by atoms with Gasteiger partial charge in [0.05, 0.1) is 33.8 Å². The van der Waals surface area contributed by atoms with Crippen LogP contribution in [0.15, 0.2) is 419 Å². The first-order valence-corrected chi connectivity index (χ1v) is 39.2. The number of hydrogen-bond donors (Lipinski definition) is 0. The molecule has 0 N–H and O–H groups in total. The summed E-state index contributed by atoms with van der Waals surface area (Å²) in [6.07, 6.45) is 0. The van der Waals surface area contributed by atoms with Crippen molar-refractivity contribution < 1.29 is 0 Å². The molecule has 0 amide bonds. The highest BCUT2D eigenvalue weighted by atomic mass is 15.0. The van der Waals surface area contributed by atoms with Crippen LogP contribution < -0.4 is 0 Å². The van der Waals surface area contributed by atoms with Gasteiger partial charge in [-0.25, -0.2) is 34.9 Å². The van der Waals surface area contributed by atoms with E-state index in [2.05, 4.69) is 322 Å². The van der Waals surface area contributed by atoms with Gasteiger partial charge in [0.15, 0.2) is 23.3 Å². The Labute approximate surface area is 670 Å². The molecule has 0 radical (unpaired) electrons. The van der Waals surface area contributed by atoms with E-state index in [9.17, 15) is 0 Å². The number of rotatable bonds is 12. The molecule has 7 heteroatoms. The van der Waals surface area contributed by atoms with Gasteiger partial charge in [0.1, 0.15) is 0 Å². The lowest BCUT2D eigenvalue weighted by Crippen LogP contribution is -2.00. The van der Waals surface area contributed by atoms with Gasteiger partial charge in [0.25, 0.3) is 0 Å². The highest BCUT2D eigenvalue weighted by molar-refractivity contribution is 6.21. The third-order valence-corrected chi connectivity index (χ3v) is 22.4. The Morgan fingerprint density at radius 3 is 0.672 bits per heavy atom. The summed E-state index contributed by atoms with van der Waals surface area (Å²) in [5.41, 5.74) is 22.9. The molecule has 0 unspecified atom stereocenters. The smallest absolute Gasteiger partial charge is 0.164 e. The fraction of sp³-hybridized carbons (Fsp3) is 0. The molecular weight excluding hydrogens is 1410 g/mol. The molecule has 0 bridgehead atoms. The molecule has 0 atom stereocenters. The first-order valence-electron chi connectivity index (χ1n) is 39.2. The second kappa shape index (κ2) is 29.6. The summed E-state index contributed by atoms with van der Waals surface area (Å²) >= 11 is 0. The Morgan fingerprint density at radius 2 is 0.345 bits per heavy atom. The minimum atomic E-state index is 0.620. The second-order valence-electron chi connectivity index (χ2n) is 29.3. The van der Waals surface area contributed by atoms with Crippen molar-refractivity contribution >= 4 is 86.4 Å². The third-order valence-electron chi connectivity index (χ3n) is 22.4. The second-order valence-corrected chi connectivity index (χ2v) is 29.3. The molecule has 0 saturated carbocycles. The Hall–Kier alpha value is -15.6. The Morgan fingerprint density at radius 1 is 0.121 bits per heavy atom. The lowest BCUT2D eigenvalue weighted by molar-refractivity contribution is 1.07. The van der Waals surface area contributed by atoms with Gasteiger partial charge in [0, 0.05) is 66.1 Å². The quantitative estimate of drug-likeness (QED) is 0.113. The average molecular weight is 1480 g/mol. The van der Waals surface area contributed by atoms with E-state index >= 15 is 0 Å². The Bertz CT molecular complexity index is 6960. The van der Waals surface area contributed by atoms with Gasteiger partial charge in [-0.3, -0.25) is 0 Å². The van der Waals surface area contributed by atoms with Gasteiger partial charge in [-0.15, -0.1) is 0 Å². The molecule has 116 heavy (non-hydrogen) atoms. The van der Waals surface area contributed by atoms with Gasteiger partial charge in [0.2, 0.25) is 0 Å². The molecule has 0 fully saturated rings. The highest BCUT2D eigenvalue weighted by Crippen LogP contribution is 2.47. The van der Waals surface area contributed by atoms with E-state index in [1.165, 1.54) is 87.2 Å². The summed E-state index contributed by atoms with van der Waals surface area (Å²) in [7, 11) is 0. The first-order chi connectivity index (χ1) is 57.5. The van der Waals surface area contributed by atoms with E-state index in [0.717, 1.165) is 111 Å². The SMILES string of the molecule is c1ccc(-c2cc(-c3ccccc3)nc(-c3ccc(-c4cc(-c5cccc6ccccc56)c5cc(-c6cccc7ccccc67)c6ccccc6c5n4)cc3)n2)cc1.c1ccc(-c2nc(-c3ccccc3)nc(-c3ccc(-c4cc(-c5cccc6ccccc56)c5cc(-c6cccc7ccccc67)c6ccccc6c5n4)cc3)n2)cc1. The minimum Gasteiger partial charge on any atom is -0.247 e. The van der Waals surface area contributed by atoms with Crippen LogP contribution in [0.25, 0.3) is 222 Å². The van der Waals surface area contributed by atoms with Crippen LogP contribution >= 0.6 is 0 Å². The summed E-state index contributed by atoms with van der Waals surface area (Å²) < 4.78 is 0. The summed E-state index contributed by atoms with van der Waals surface area (Å²) in [5, 5.41) is 16.6. The van der Waals surface area contributed by atoms with Crippen molar-refractivity contribution in [1.29, 1.82) is 0 Å². The van der Waals surface area contributed by atoms with E-state index in [1.54, 1.807) is 0 Å². The van der Waals surface area contributed by atoms with Crippen LogP contribution in [-0.2, 0) is 0 Å². The normalized spacial score (nSPS) is 11.4. The Kier molecular flexibility index (Phi) is 17.5. The van der Waals surface area contributed by atoms with Crippen molar-refractivity contribution in [3.63, 3.8) is 0 Å². The molecular formula is C109H69N7. The minimum absolute atomic E-state index is 0.620. The lowest BCUT2D eigenvalue weighted by atomic mass is 9.88. The summed E-state index contributed by atoms with van der Waals surface area (Å²) in [6.45, 7) is 0. The van der Waals surface area contributed by atoms with Gasteiger partial charge >= 0.3 is 0 Å². The van der Waals surface area contributed by atoms with Crippen LogP contribution in [0.5, 0.6) is 0 Å². The number of benzene rings is 18. The van der Waals surface area contributed by atoms with Crippen LogP contribution in [0, 0.1) is 0 Å². The van der Waals surface area contributed by atoms with Gasteiger partial charge in [-0.1, -0.05) is 388 Å². The summed E-state index contributed by atoms with van der Waals surface area (Å²) in [6, 6.07) is 148. The van der Waals surface area contributed by atoms with Crippen molar-refractivity contribution in [3.05, 3.63) is 419 Å². The molecule has 540 valence electrons. The van der Waals surface area contributed by atoms with E-state index in [1.807, 2.05) is 97.1 Å². The van der Waals surface area contributed by atoms with E-state index in [-0.39, 0.29) is 0 Å². The number of pyridine rings is 2. The topological polar surface area (TPSA) is 90.2 Å².